The van der Waals surface area contributed by atoms with Gasteiger partial charge in [-0.15, -0.1) is 0 Å². The van der Waals surface area contributed by atoms with E-state index >= 15 is 0 Å². The van der Waals surface area contributed by atoms with Crippen molar-refractivity contribution in [3.8, 4) is 0 Å². The number of allylic oxidation sites excluding steroid dienone is 2. The molecule has 2 heterocycles. The van der Waals surface area contributed by atoms with Crippen LogP contribution in [0.25, 0.3) is 0 Å². The number of unbranched alkanes of at least 4 members (excludes halogenated alkanes) is 14. The van der Waals surface area contributed by atoms with Crippen molar-refractivity contribution in [3.63, 3.8) is 0 Å². The molecule has 0 saturated carbocycles. The Morgan fingerprint density at radius 3 is 1.27 bits per heavy atom. The van der Waals surface area contributed by atoms with Crippen LogP contribution < -0.4 is 0 Å². The van der Waals surface area contributed by atoms with E-state index in [0.29, 0.717) is 12.8 Å². The third-order valence-electron chi connectivity index (χ3n) is 10.4. The molecule has 7 nitrogen and oxygen atoms in total. The number of hydrogen-bond donors (Lipinski definition) is 0. The Hall–Kier alpha value is -2.28. The van der Waals surface area contributed by atoms with E-state index in [4.69, 9.17) is 14.2 Å². The number of ether oxygens (including phenoxy) is 3. The predicted octanol–water partition coefficient (Wildman–Crippen LogP) is 10.9. The van der Waals surface area contributed by atoms with E-state index in [9.17, 15) is 19.2 Å². The molecule has 0 radical (unpaired) electrons. The van der Waals surface area contributed by atoms with Crippen LogP contribution >= 0.6 is 0 Å². The van der Waals surface area contributed by atoms with Gasteiger partial charge in [0.25, 0.3) is 0 Å². The molecule has 0 spiro atoms. The Morgan fingerprint density at radius 2 is 0.918 bits per heavy atom. The minimum absolute atomic E-state index is 0.0168. The lowest BCUT2D eigenvalue weighted by Crippen LogP contribution is -2.30. The maximum atomic E-state index is 12.9. The van der Waals surface area contributed by atoms with Crippen molar-refractivity contribution in [1.82, 2.24) is 0 Å². The van der Waals surface area contributed by atoms with Crippen LogP contribution in [0.2, 0.25) is 0 Å². The molecule has 49 heavy (non-hydrogen) atoms. The van der Waals surface area contributed by atoms with Gasteiger partial charge in [-0.25, -0.2) is 0 Å². The minimum atomic E-state index is -0.434. The summed E-state index contributed by atoms with van der Waals surface area (Å²) in [5.41, 5.74) is 0. The zero-order valence-corrected chi connectivity index (χ0v) is 31.6. The maximum Gasteiger partial charge on any atom is 0.317 e. The molecule has 7 heteroatoms. The van der Waals surface area contributed by atoms with Gasteiger partial charge in [0.15, 0.2) is 0 Å². The summed E-state index contributed by atoms with van der Waals surface area (Å²) in [7, 11) is 0. The van der Waals surface area contributed by atoms with Crippen LogP contribution in [0.5, 0.6) is 0 Å². The molecule has 0 N–H and O–H groups in total. The molecule has 0 aliphatic carbocycles. The molecule has 0 aromatic rings. The summed E-state index contributed by atoms with van der Waals surface area (Å²) < 4.78 is 17.1. The molecular formula is C42H70O7. The Bertz CT molecular complexity index is 923. The fourth-order valence-electron chi connectivity index (χ4n) is 7.39. The number of hydrogen-bond acceptors (Lipinski definition) is 7. The monoisotopic (exact) mass is 687 g/mol. The molecule has 2 saturated heterocycles. The van der Waals surface area contributed by atoms with Crippen LogP contribution in [0.1, 0.15) is 182 Å². The summed E-state index contributed by atoms with van der Waals surface area (Å²) in [5.74, 6) is -2.54. The Balaban J connectivity index is 2.34. The Labute approximate surface area is 298 Å². The largest absolute Gasteiger partial charge is 0.393 e. The molecule has 2 rings (SSSR count). The van der Waals surface area contributed by atoms with E-state index in [-0.39, 0.29) is 36.9 Å². The number of carbonyl (C=O) groups excluding carboxylic acids is 4. The quantitative estimate of drug-likeness (QED) is 0.0321. The van der Waals surface area contributed by atoms with Gasteiger partial charge in [-0.2, -0.15) is 0 Å². The number of rotatable bonds is 30. The van der Waals surface area contributed by atoms with Gasteiger partial charge in [0.05, 0.1) is 36.9 Å². The third-order valence-corrected chi connectivity index (χ3v) is 10.4. The van der Waals surface area contributed by atoms with Crippen LogP contribution in [-0.2, 0) is 33.4 Å². The summed E-state index contributed by atoms with van der Waals surface area (Å²) >= 11 is 0. The topological polar surface area (TPSA) is 96.0 Å². The van der Waals surface area contributed by atoms with Gasteiger partial charge in [0, 0.05) is 0 Å². The van der Waals surface area contributed by atoms with E-state index < -0.39 is 35.7 Å². The molecule has 0 amide bonds. The second-order valence-electron chi connectivity index (χ2n) is 14.7. The summed E-state index contributed by atoms with van der Waals surface area (Å²) in [6, 6.07) is 0. The fraction of sp³-hybridized carbons (Fsp3) is 0.810. The van der Waals surface area contributed by atoms with Gasteiger partial charge in [-0.05, 0) is 63.2 Å². The standard InChI is InChI=1S/C42H70O7/c1-5-9-13-17-21-25-33(37-31-39(43)48-41(37)45)29-35(27-23-19-15-11-7-3)47-36(28-24-20-16-12-8-4)30-34(26-22-18-14-10-6-2)38-32-40(44)49-42(38)46/h23-24,27-28,33-38H,5-22,25-26,29-32H2,1-4H3/b27-23+,28-24+. The zero-order chi connectivity index (χ0) is 35.7. The zero-order valence-electron chi connectivity index (χ0n) is 31.6. The average molecular weight is 687 g/mol. The van der Waals surface area contributed by atoms with Crippen molar-refractivity contribution in [2.45, 2.75) is 194 Å². The molecule has 2 fully saturated rings. The van der Waals surface area contributed by atoms with Crippen molar-refractivity contribution in [2.24, 2.45) is 23.7 Å². The maximum absolute atomic E-state index is 12.9. The summed E-state index contributed by atoms with van der Waals surface area (Å²) in [5, 5.41) is 0. The molecule has 0 aromatic heterocycles. The Kier molecular flexibility index (Phi) is 23.2. The van der Waals surface area contributed by atoms with Gasteiger partial charge in [0.1, 0.15) is 0 Å². The highest BCUT2D eigenvalue weighted by Crippen LogP contribution is 2.36. The Morgan fingerprint density at radius 1 is 0.551 bits per heavy atom. The van der Waals surface area contributed by atoms with Gasteiger partial charge >= 0.3 is 23.9 Å². The molecule has 0 aromatic carbocycles. The highest BCUT2D eigenvalue weighted by molar-refractivity contribution is 5.95. The van der Waals surface area contributed by atoms with Crippen molar-refractivity contribution in [3.05, 3.63) is 24.3 Å². The molecule has 2 aliphatic heterocycles. The summed E-state index contributed by atoms with van der Waals surface area (Å²) in [6.45, 7) is 8.82. The number of cyclic esters (lactones) is 4. The average Bonchev–Trinajstić information content (AvgIpc) is 3.60. The minimum Gasteiger partial charge on any atom is -0.393 e. The lowest BCUT2D eigenvalue weighted by Gasteiger charge is -2.30. The highest BCUT2D eigenvalue weighted by Gasteiger charge is 2.41. The fourth-order valence-corrected chi connectivity index (χ4v) is 7.39. The van der Waals surface area contributed by atoms with Crippen molar-refractivity contribution in [1.29, 1.82) is 0 Å². The molecule has 6 atom stereocenters. The summed E-state index contributed by atoms with van der Waals surface area (Å²) in [6.07, 6.45) is 31.7. The van der Waals surface area contributed by atoms with E-state index in [2.05, 4.69) is 52.0 Å². The number of carbonyl (C=O) groups is 4. The molecule has 0 bridgehead atoms. The van der Waals surface area contributed by atoms with E-state index in [1.807, 2.05) is 0 Å². The normalized spacial score (nSPS) is 20.7. The van der Waals surface area contributed by atoms with E-state index in [1.165, 1.54) is 51.4 Å². The van der Waals surface area contributed by atoms with E-state index in [1.54, 1.807) is 0 Å². The highest BCUT2D eigenvalue weighted by atomic mass is 16.6. The van der Waals surface area contributed by atoms with E-state index in [0.717, 1.165) is 77.0 Å². The summed E-state index contributed by atoms with van der Waals surface area (Å²) in [4.78, 5) is 50.1. The molecule has 6 unspecified atom stereocenters. The van der Waals surface area contributed by atoms with Crippen LogP contribution in [-0.4, -0.2) is 36.1 Å². The first kappa shape index (κ1) is 42.9. The second kappa shape index (κ2) is 26.5. The van der Waals surface area contributed by atoms with Crippen LogP contribution in [0, 0.1) is 23.7 Å². The van der Waals surface area contributed by atoms with Crippen LogP contribution in [0.15, 0.2) is 24.3 Å². The van der Waals surface area contributed by atoms with Gasteiger partial charge in [0.2, 0.25) is 0 Å². The van der Waals surface area contributed by atoms with Crippen molar-refractivity contribution < 1.29 is 33.4 Å². The molecule has 2 aliphatic rings. The third kappa shape index (κ3) is 18.0. The van der Waals surface area contributed by atoms with Gasteiger partial charge in [-0.3, -0.25) is 19.2 Å². The van der Waals surface area contributed by atoms with Crippen LogP contribution in [0.3, 0.4) is 0 Å². The lowest BCUT2D eigenvalue weighted by molar-refractivity contribution is -0.155. The first-order chi connectivity index (χ1) is 23.8. The second-order valence-corrected chi connectivity index (χ2v) is 14.7. The first-order valence-electron chi connectivity index (χ1n) is 20.3. The molecule has 280 valence electrons. The SMILES string of the molecule is CCCCC/C=C/C(CC(CCCCCCC)C1CC(=O)OC1=O)OC(/C=C/CCCCC)CC(CCCCCCC)C1CC(=O)OC1=O. The van der Waals surface area contributed by atoms with Crippen molar-refractivity contribution >= 4 is 23.9 Å². The lowest BCUT2D eigenvalue weighted by atomic mass is 9.81. The van der Waals surface area contributed by atoms with Gasteiger partial charge in [-0.1, -0.05) is 142 Å². The first-order valence-corrected chi connectivity index (χ1v) is 20.3. The number of esters is 4. The van der Waals surface area contributed by atoms with Crippen LogP contribution in [0.4, 0.5) is 0 Å². The van der Waals surface area contributed by atoms with Crippen molar-refractivity contribution in [2.75, 3.05) is 0 Å². The smallest absolute Gasteiger partial charge is 0.317 e. The predicted molar refractivity (Wildman–Crippen MR) is 197 cm³/mol. The molecular weight excluding hydrogens is 616 g/mol. The van der Waals surface area contributed by atoms with Gasteiger partial charge < -0.3 is 14.2 Å².